The van der Waals surface area contributed by atoms with Crippen molar-refractivity contribution < 1.29 is 8.42 Å². The Balaban J connectivity index is 2.09. The van der Waals surface area contributed by atoms with Gasteiger partial charge >= 0.3 is 0 Å². The van der Waals surface area contributed by atoms with Crippen LogP contribution in [-0.4, -0.2) is 38.9 Å². The highest BCUT2D eigenvalue weighted by Crippen LogP contribution is 2.31. The second-order valence-corrected chi connectivity index (χ2v) is 8.81. The highest BCUT2D eigenvalue weighted by Gasteiger charge is 2.31. The number of hydrogen-bond acceptors (Lipinski definition) is 4. The summed E-state index contributed by atoms with van der Waals surface area (Å²) in [5.41, 5.74) is 0. The molecule has 7 heteroatoms. The average molecular weight is 323 g/mol. The van der Waals surface area contributed by atoms with Gasteiger partial charge in [0.2, 0.25) is 0 Å². The van der Waals surface area contributed by atoms with Crippen molar-refractivity contribution in [2.24, 2.45) is 0 Å². The summed E-state index contributed by atoms with van der Waals surface area (Å²) in [4.78, 5) is 0. The van der Waals surface area contributed by atoms with Crippen molar-refractivity contribution in [1.29, 1.82) is 0 Å². The van der Waals surface area contributed by atoms with Crippen LogP contribution < -0.4 is 5.32 Å². The lowest BCUT2D eigenvalue weighted by molar-refractivity contribution is 0.255. The third kappa shape index (κ3) is 3.31. The number of halogens is 1. The predicted molar refractivity (Wildman–Crippen MR) is 79.4 cm³/mol. The number of nitrogens with zero attached hydrogens (tertiary/aromatic N) is 1. The van der Waals surface area contributed by atoms with Crippen LogP contribution in [-0.2, 0) is 10.0 Å². The summed E-state index contributed by atoms with van der Waals surface area (Å²) in [5.74, 6) is 0. The average Bonchev–Trinajstić information content (AvgIpc) is 2.85. The maximum Gasteiger partial charge on any atom is 0.252 e. The molecule has 0 radical (unpaired) electrons. The first-order valence-corrected chi connectivity index (χ1v) is 8.99. The van der Waals surface area contributed by atoms with Crippen molar-refractivity contribution in [3.63, 3.8) is 0 Å². The fourth-order valence-electron chi connectivity index (χ4n) is 2.50. The highest BCUT2D eigenvalue weighted by molar-refractivity contribution is 7.91. The lowest BCUT2D eigenvalue weighted by Crippen LogP contribution is -2.42. The van der Waals surface area contributed by atoms with Gasteiger partial charge in [0.1, 0.15) is 4.21 Å². The maximum absolute atomic E-state index is 12.5. The topological polar surface area (TPSA) is 49.4 Å². The molecular weight excluding hydrogens is 304 g/mol. The molecule has 0 saturated heterocycles. The first-order chi connectivity index (χ1) is 8.95. The van der Waals surface area contributed by atoms with Crippen molar-refractivity contribution in [2.45, 2.75) is 42.0 Å². The SMILES string of the molecule is CNC1CCC(N(C)S(=O)(=O)c2ccc(Cl)s2)CC1. The van der Waals surface area contributed by atoms with E-state index < -0.39 is 10.0 Å². The number of sulfonamides is 1. The van der Waals surface area contributed by atoms with Crippen LogP contribution in [0.4, 0.5) is 0 Å². The van der Waals surface area contributed by atoms with Crippen LogP contribution in [0.2, 0.25) is 4.34 Å². The van der Waals surface area contributed by atoms with Crippen LogP contribution in [0.1, 0.15) is 25.7 Å². The molecule has 0 amide bonds. The van der Waals surface area contributed by atoms with Crippen LogP contribution in [0.3, 0.4) is 0 Å². The van der Waals surface area contributed by atoms with Gasteiger partial charge in [0, 0.05) is 19.1 Å². The summed E-state index contributed by atoms with van der Waals surface area (Å²) < 4.78 is 27.3. The van der Waals surface area contributed by atoms with E-state index in [1.54, 1.807) is 19.2 Å². The molecule has 0 unspecified atom stereocenters. The maximum atomic E-state index is 12.5. The largest absolute Gasteiger partial charge is 0.317 e. The van der Waals surface area contributed by atoms with Crippen molar-refractivity contribution in [2.75, 3.05) is 14.1 Å². The van der Waals surface area contributed by atoms with Gasteiger partial charge in [0.05, 0.1) is 4.34 Å². The number of rotatable bonds is 4. The number of thiophene rings is 1. The molecule has 0 spiro atoms. The predicted octanol–water partition coefficient (Wildman–Crippen LogP) is 2.55. The third-order valence-corrected chi connectivity index (χ3v) is 7.41. The molecule has 1 heterocycles. The van der Waals surface area contributed by atoms with Crippen LogP contribution in [0.15, 0.2) is 16.3 Å². The van der Waals surface area contributed by atoms with Crippen LogP contribution in [0.25, 0.3) is 0 Å². The summed E-state index contributed by atoms with van der Waals surface area (Å²) in [7, 11) is 0.236. The highest BCUT2D eigenvalue weighted by atomic mass is 35.5. The van der Waals surface area contributed by atoms with Crippen molar-refractivity contribution >= 4 is 33.0 Å². The first-order valence-electron chi connectivity index (χ1n) is 6.36. The molecule has 0 aromatic carbocycles. The lowest BCUT2D eigenvalue weighted by atomic mass is 9.91. The smallest absolute Gasteiger partial charge is 0.252 e. The van der Waals surface area contributed by atoms with Crippen molar-refractivity contribution in [3.8, 4) is 0 Å². The zero-order chi connectivity index (χ0) is 14.0. The molecule has 0 bridgehead atoms. The van der Waals surface area contributed by atoms with Gasteiger partial charge in [-0.1, -0.05) is 11.6 Å². The van der Waals surface area contributed by atoms with Gasteiger partial charge in [0.25, 0.3) is 10.0 Å². The quantitative estimate of drug-likeness (QED) is 0.926. The minimum Gasteiger partial charge on any atom is -0.317 e. The second-order valence-electron chi connectivity index (χ2n) is 4.87. The lowest BCUT2D eigenvalue weighted by Gasteiger charge is -2.33. The van der Waals surface area contributed by atoms with Crippen LogP contribution >= 0.6 is 22.9 Å². The van der Waals surface area contributed by atoms with Gasteiger partial charge in [-0.05, 0) is 44.9 Å². The Labute approximate surface area is 123 Å². The minimum atomic E-state index is -3.39. The Morgan fingerprint density at radius 3 is 2.42 bits per heavy atom. The Bertz CT molecular complexity index is 522. The van der Waals surface area contributed by atoms with E-state index >= 15 is 0 Å². The van der Waals surface area contributed by atoms with Gasteiger partial charge in [-0.3, -0.25) is 0 Å². The third-order valence-electron chi connectivity index (χ3n) is 3.80. The van der Waals surface area contributed by atoms with E-state index in [1.165, 1.54) is 4.31 Å². The van der Waals surface area contributed by atoms with Gasteiger partial charge < -0.3 is 5.32 Å². The van der Waals surface area contributed by atoms with Gasteiger partial charge in [-0.15, -0.1) is 11.3 Å². The molecule has 2 rings (SSSR count). The van der Waals surface area contributed by atoms with Crippen LogP contribution in [0, 0.1) is 0 Å². The normalized spacial score (nSPS) is 24.8. The standard InChI is InChI=1S/C12H19ClN2O2S2/c1-14-9-3-5-10(6-4-9)15(2)19(16,17)12-8-7-11(13)18-12/h7-10,14H,3-6H2,1-2H3. The fraction of sp³-hybridized carbons (Fsp3) is 0.667. The molecular formula is C12H19ClN2O2S2. The van der Waals surface area contributed by atoms with Gasteiger partial charge in [0.15, 0.2) is 0 Å². The van der Waals surface area contributed by atoms with E-state index in [0.717, 1.165) is 37.0 Å². The molecule has 108 valence electrons. The molecule has 1 N–H and O–H groups in total. The zero-order valence-electron chi connectivity index (χ0n) is 11.1. The molecule has 4 nitrogen and oxygen atoms in total. The van der Waals surface area contributed by atoms with E-state index in [9.17, 15) is 8.42 Å². The van der Waals surface area contributed by atoms with E-state index in [-0.39, 0.29) is 6.04 Å². The fourth-order valence-corrected chi connectivity index (χ4v) is 5.59. The van der Waals surface area contributed by atoms with E-state index in [0.29, 0.717) is 14.6 Å². The Morgan fingerprint density at radius 1 is 1.32 bits per heavy atom. The van der Waals surface area contributed by atoms with E-state index in [4.69, 9.17) is 11.6 Å². The van der Waals surface area contributed by atoms with Crippen molar-refractivity contribution in [1.82, 2.24) is 9.62 Å². The molecule has 0 aliphatic heterocycles. The summed E-state index contributed by atoms with van der Waals surface area (Å²) in [5, 5.41) is 3.25. The monoisotopic (exact) mass is 322 g/mol. The van der Waals surface area contributed by atoms with Crippen molar-refractivity contribution in [3.05, 3.63) is 16.5 Å². The molecule has 1 aliphatic carbocycles. The van der Waals surface area contributed by atoms with Crippen LogP contribution in [0.5, 0.6) is 0 Å². The molecule has 1 fully saturated rings. The Kier molecular flexibility index (Phi) is 4.89. The van der Waals surface area contributed by atoms with Gasteiger partial charge in [-0.25, -0.2) is 8.42 Å². The van der Waals surface area contributed by atoms with Gasteiger partial charge in [-0.2, -0.15) is 4.31 Å². The summed E-state index contributed by atoms with van der Waals surface area (Å²) in [6.45, 7) is 0. The molecule has 1 saturated carbocycles. The second kappa shape index (κ2) is 6.10. The van der Waals surface area contributed by atoms with E-state index in [2.05, 4.69) is 5.32 Å². The molecule has 1 aromatic rings. The molecule has 19 heavy (non-hydrogen) atoms. The summed E-state index contributed by atoms with van der Waals surface area (Å²) >= 11 is 6.94. The Hall–Kier alpha value is -0.140. The summed E-state index contributed by atoms with van der Waals surface area (Å²) in [6.07, 6.45) is 3.85. The zero-order valence-corrected chi connectivity index (χ0v) is 13.5. The number of nitrogens with one attached hydrogen (secondary N) is 1. The first kappa shape index (κ1) is 15.3. The molecule has 1 aliphatic rings. The van der Waals surface area contributed by atoms with E-state index in [1.807, 2.05) is 7.05 Å². The Morgan fingerprint density at radius 2 is 1.95 bits per heavy atom. The minimum absolute atomic E-state index is 0.0930. The molecule has 0 atom stereocenters. The molecule has 1 aromatic heterocycles. The number of hydrogen-bond donors (Lipinski definition) is 1. The summed E-state index contributed by atoms with van der Waals surface area (Å²) in [6, 6.07) is 3.82.